The van der Waals surface area contributed by atoms with E-state index in [0.717, 1.165) is 16.7 Å². The highest BCUT2D eigenvalue weighted by atomic mass is 16.5. The van der Waals surface area contributed by atoms with E-state index in [-0.39, 0.29) is 11.8 Å². The standard InChI is InChI=1S/C18H17N3O3/c1-19-17(22)11-3-6-13(7-4-11)20-18(23)16-9-12-5-8-14(24-2)10-15(12)21-16/h3-10,21H,1-2H3,(H,19,22)(H,20,23). The van der Waals surface area contributed by atoms with Crippen LogP contribution >= 0.6 is 0 Å². The number of carbonyl (C=O) groups excluding carboxylic acids is 2. The van der Waals surface area contributed by atoms with Gasteiger partial charge in [0.2, 0.25) is 0 Å². The summed E-state index contributed by atoms with van der Waals surface area (Å²) in [5, 5.41) is 6.28. The summed E-state index contributed by atoms with van der Waals surface area (Å²) in [6.07, 6.45) is 0. The minimum Gasteiger partial charge on any atom is -0.497 e. The minimum atomic E-state index is -0.252. The molecular formula is C18H17N3O3. The lowest BCUT2D eigenvalue weighted by atomic mass is 10.2. The Hall–Kier alpha value is -3.28. The third-order valence-corrected chi connectivity index (χ3v) is 3.71. The van der Waals surface area contributed by atoms with Gasteiger partial charge in [0.25, 0.3) is 11.8 Å². The molecule has 0 saturated carbocycles. The van der Waals surface area contributed by atoms with Crippen LogP contribution in [0.3, 0.4) is 0 Å². The summed E-state index contributed by atoms with van der Waals surface area (Å²) in [4.78, 5) is 26.9. The van der Waals surface area contributed by atoms with Crippen molar-refractivity contribution in [1.29, 1.82) is 0 Å². The van der Waals surface area contributed by atoms with Crippen LogP contribution in [0.5, 0.6) is 5.75 Å². The molecule has 0 aliphatic rings. The van der Waals surface area contributed by atoms with Crippen molar-refractivity contribution < 1.29 is 14.3 Å². The van der Waals surface area contributed by atoms with E-state index < -0.39 is 0 Å². The summed E-state index contributed by atoms with van der Waals surface area (Å²) >= 11 is 0. The molecule has 3 rings (SSSR count). The van der Waals surface area contributed by atoms with Gasteiger partial charge in [-0.25, -0.2) is 0 Å². The largest absolute Gasteiger partial charge is 0.497 e. The Bertz CT molecular complexity index is 898. The monoisotopic (exact) mass is 323 g/mol. The van der Waals surface area contributed by atoms with E-state index >= 15 is 0 Å². The van der Waals surface area contributed by atoms with Gasteiger partial charge in [-0.05, 0) is 42.5 Å². The zero-order valence-corrected chi connectivity index (χ0v) is 13.3. The number of ether oxygens (including phenoxy) is 1. The van der Waals surface area contributed by atoms with E-state index in [2.05, 4.69) is 15.6 Å². The molecule has 0 aliphatic carbocycles. The Labute approximate surface area is 138 Å². The fourth-order valence-corrected chi connectivity index (χ4v) is 2.40. The van der Waals surface area contributed by atoms with Crippen molar-refractivity contribution in [3.05, 3.63) is 59.8 Å². The second-order valence-electron chi connectivity index (χ2n) is 5.25. The van der Waals surface area contributed by atoms with Crippen LogP contribution in [0.25, 0.3) is 10.9 Å². The van der Waals surface area contributed by atoms with Crippen LogP contribution in [0, 0.1) is 0 Å². The normalized spacial score (nSPS) is 10.4. The lowest BCUT2D eigenvalue weighted by Crippen LogP contribution is -2.18. The zero-order valence-electron chi connectivity index (χ0n) is 13.3. The Morgan fingerprint density at radius 1 is 1.00 bits per heavy atom. The SMILES string of the molecule is CNC(=O)c1ccc(NC(=O)c2cc3ccc(OC)cc3[nH]2)cc1. The summed E-state index contributed by atoms with van der Waals surface area (Å²) in [5.74, 6) is 0.302. The highest BCUT2D eigenvalue weighted by Crippen LogP contribution is 2.22. The minimum absolute atomic E-state index is 0.169. The summed E-state index contributed by atoms with van der Waals surface area (Å²) in [6.45, 7) is 0. The van der Waals surface area contributed by atoms with Gasteiger partial charge < -0.3 is 20.4 Å². The smallest absolute Gasteiger partial charge is 0.272 e. The highest BCUT2D eigenvalue weighted by molar-refractivity contribution is 6.06. The molecule has 0 saturated heterocycles. The van der Waals surface area contributed by atoms with E-state index in [9.17, 15) is 9.59 Å². The van der Waals surface area contributed by atoms with Gasteiger partial charge >= 0.3 is 0 Å². The molecule has 1 heterocycles. The molecule has 0 spiro atoms. The first-order chi connectivity index (χ1) is 11.6. The number of amides is 2. The van der Waals surface area contributed by atoms with Crippen molar-refractivity contribution in [3.8, 4) is 5.75 Å². The first kappa shape index (κ1) is 15.6. The van der Waals surface area contributed by atoms with Crippen LogP contribution in [-0.2, 0) is 0 Å². The zero-order chi connectivity index (χ0) is 17.1. The van der Waals surface area contributed by atoms with E-state index in [1.165, 1.54) is 0 Å². The van der Waals surface area contributed by atoms with Crippen LogP contribution in [0.2, 0.25) is 0 Å². The van der Waals surface area contributed by atoms with Crippen LogP contribution in [0.15, 0.2) is 48.5 Å². The van der Waals surface area contributed by atoms with E-state index in [1.807, 2.05) is 18.2 Å². The summed E-state index contributed by atoms with van der Waals surface area (Å²) in [5.41, 5.74) is 2.43. The number of carbonyl (C=O) groups is 2. The van der Waals surface area contributed by atoms with E-state index in [1.54, 1.807) is 44.5 Å². The maximum absolute atomic E-state index is 12.4. The molecule has 6 nitrogen and oxygen atoms in total. The van der Waals surface area contributed by atoms with Crippen LogP contribution < -0.4 is 15.4 Å². The number of hydrogen-bond acceptors (Lipinski definition) is 3. The first-order valence-electron chi connectivity index (χ1n) is 7.41. The fraction of sp³-hybridized carbons (Fsp3) is 0.111. The molecule has 1 aromatic heterocycles. The van der Waals surface area contributed by atoms with Gasteiger partial charge in [-0.15, -0.1) is 0 Å². The molecule has 122 valence electrons. The van der Waals surface area contributed by atoms with Crippen molar-refractivity contribution in [3.63, 3.8) is 0 Å². The predicted molar refractivity (Wildman–Crippen MR) is 92.6 cm³/mol. The molecular weight excluding hydrogens is 306 g/mol. The first-order valence-corrected chi connectivity index (χ1v) is 7.41. The van der Waals surface area contributed by atoms with Crippen LogP contribution in [0.4, 0.5) is 5.69 Å². The van der Waals surface area contributed by atoms with Crippen molar-refractivity contribution in [2.45, 2.75) is 0 Å². The molecule has 24 heavy (non-hydrogen) atoms. The van der Waals surface area contributed by atoms with Crippen LogP contribution in [-0.4, -0.2) is 31.0 Å². The second-order valence-corrected chi connectivity index (χ2v) is 5.25. The van der Waals surface area contributed by atoms with Gasteiger partial charge in [0.15, 0.2) is 0 Å². The van der Waals surface area contributed by atoms with Crippen molar-refractivity contribution in [1.82, 2.24) is 10.3 Å². The summed E-state index contributed by atoms with van der Waals surface area (Å²) in [6, 6.07) is 14.0. The second kappa shape index (κ2) is 6.45. The van der Waals surface area contributed by atoms with Gasteiger partial charge in [0.1, 0.15) is 11.4 Å². The van der Waals surface area contributed by atoms with Crippen molar-refractivity contribution in [2.75, 3.05) is 19.5 Å². The maximum Gasteiger partial charge on any atom is 0.272 e. The molecule has 6 heteroatoms. The van der Waals surface area contributed by atoms with E-state index in [4.69, 9.17) is 4.74 Å². The summed E-state index contributed by atoms with van der Waals surface area (Å²) in [7, 11) is 3.17. The number of benzene rings is 2. The van der Waals surface area contributed by atoms with Crippen molar-refractivity contribution in [2.24, 2.45) is 0 Å². The number of anilines is 1. The Balaban J connectivity index is 1.78. The lowest BCUT2D eigenvalue weighted by molar-refractivity contribution is 0.0962. The molecule has 0 radical (unpaired) electrons. The number of fused-ring (bicyclic) bond motifs is 1. The highest BCUT2D eigenvalue weighted by Gasteiger charge is 2.11. The molecule has 0 atom stereocenters. The van der Waals surface area contributed by atoms with Gasteiger partial charge in [-0.3, -0.25) is 9.59 Å². The average molecular weight is 323 g/mol. The Morgan fingerprint density at radius 2 is 1.75 bits per heavy atom. The number of nitrogens with one attached hydrogen (secondary N) is 3. The third kappa shape index (κ3) is 3.08. The lowest BCUT2D eigenvalue weighted by Gasteiger charge is -2.05. The Kier molecular flexibility index (Phi) is 4.20. The maximum atomic E-state index is 12.4. The quantitative estimate of drug-likeness (QED) is 0.690. The predicted octanol–water partition coefficient (Wildman–Crippen LogP) is 2.79. The molecule has 0 aliphatic heterocycles. The molecule has 2 aromatic carbocycles. The molecule has 3 N–H and O–H groups in total. The third-order valence-electron chi connectivity index (χ3n) is 3.71. The summed E-state index contributed by atoms with van der Waals surface area (Å²) < 4.78 is 5.17. The average Bonchev–Trinajstić information content (AvgIpc) is 3.05. The van der Waals surface area contributed by atoms with Gasteiger partial charge in [0, 0.05) is 35.3 Å². The molecule has 0 unspecified atom stereocenters. The van der Waals surface area contributed by atoms with Gasteiger partial charge in [-0.2, -0.15) is 0 Å². The van der Waals surface area contributed by atoms with E-state index in [0.29, 0.717) is 16.9 Å². The fourth-order valence-electron chi connectivity index (χ4n) is 2.40. The number of hydrogen-bond donors (Lipinski definition) is 3. The number of H-pyrrole nitrogens is 1. The number of aromatic nitrogens is 1. The number of aromatic amines is 1. The number of rotatable bonds is 4. The Morgan fingerprint density at radius 3 is 2.42 bits per heavy atom. The molecule has 2 amide bonds. The molecule has 0 fully saturated rings. The van der Waals surface area contributed by atoms with Gasteiger partial charge in [0.05, 0.1) is 7.11 Å². The topological polar surface area (TPSA) is 83.2 Å². The molecule has 3 aromatic rings. The van der Waals surface area contributed by atoms with Gasteiger partial charge in [-0.1, -0.05) is 0 Å². The number of methoxy groups -OCH3 is 1. The van der Waals surface area contributed by atoms with Crippen molar-refractivity contribution >= 4 is 28.4 Å². The van der Waals surface area contributed by atoms with Crippen LogP contribution in [0.1, 0.15) is 20.8 Å². The molecule has 0 bridgehead atoms.